The molecule has 0 aliphatic carbocycles. The smallest absolute Gasteiger partial charge is 0.445 e. The summed E-state index contributed by atoms with van der Waals surface area (Å²) in [5, 5.41) is 0. The number of hydrogen-bond acceptors (Lipinski definition) is 2. The Hall–Kier alpha value is -1.66. The number of ether oxygens (including phenoxy) is 1. The van der Waals surface area contributed by atoms with Crippen LogP contribution in [0.1, 0.15) is 32.8 Å². The monoisotopic (exact) mass is 300 g/mol. The number of rotatable bonds is 1. The van der Waals surface area contributed by atoms with Crippen molar-refractivity contribution in [1.29, 1.82) is 0 Å². The standard InChI is InChI=1S/C14H18BF3NO2/c1-14(2,3)21-13(20)19-8-4-5-10-9-11(15(16,17)18)6-7-12(10)19/h6-7,9H,4-5,8H2,1-3H3/q-1. The molecular formula is C14H18BF3NO2-. The normalized spacial score (nSPS) is 15.6. The van der Waals surface area contributed by atoms with Crippen molar-refractivity contribution in [2.24, 2.45) is 0 Å². The molecule has 1 amide bonds. The Balaban J connectivity index is 2.30. The average Bonchev–Trinajstić information content (AvgIpc) is 2.34. The molecule has 0 saturated carbocycles. The predicted molar refractivity (Wildman–Crippen MR) is 77.1 cm³/mol. The molecule has 2 rings (SSSR count). The van der Waals surface area contributed by atoms with Gasteiger partial charge in [0.15, 0.2) is 0 Å². The summed E-state index contributed by atoms with van der Waals surface area (Å²) in [5.41, 5.74) is -0.202. The van der Waals surface area contributed by atoms with Gasteiger partial charge >= 0.3 is 13.1 Å². The first-order valence-corrected chi connectivity index (χ1v) is 6.91. The summed E-state index contributed by atoms with van der Waals surface area (Å²) in [4.78, 5) is 13.6. The molecule has 1 heterocycles. The fraction of sp³-hybridized carbons (Fsp3) is 0.500. The fourth-order valence-electron chi connectivity index (χ4n) is 2.33. The Bertz CT molecular complexity index is 552. The van der Waals surface area contributed by atoms with Gasteiger partial charge < -0.3 is 17.7 Å². The van der Waals surface area contributed by atoms with Crippen molar-refractivity contribution in [3.63, 3.8) is 0 Å². The fourth-order valence-corrected chi connectivity index (χ4v) is 2.33. The molecule has 1 aromatic carbocycles. The van der Waals surface area contributed by atoms with E-state index in [0.717, 1.165) is 12.1 Å². The van der Waals surface area contributed by atoms with Crippen molar-refractivity contribution >= 4 is 24.2 Å². The number of fused-ring (bicyclic) bond motifs is 1. The van der Waals surface area contributed by atoms with E-state index in [1.807, 2.05) is 0 Å². The lowest BCUT2D eigenvalue weighted by molar-refractivity contribution is 0.0578. The molecular weight excluding hydrogens is 282 g/mol. The van der Waals surface area contributed by atoms with E-state index in [0.29, 0.717) is 30.6 Å². The second kappa shape index (κ2) is 5.28. The first-order chi connectivity index (χ1) is 9.58. The lowest BCUT2D eigenvalue weighted by Gasteiger charge is -2.32. The third kappa shape index (κ3) is 3.71. The van der Waals surface area contributed by atoms with Gasteiger partial charge in [0, 0.05) is 12.2 Å². The highest BCUT2D eigenvalue weighted by Crippen LogP contribution is 2.28. The second-order valence-corrected chi connectivity index (χ2v) is 6.20. The molecule has 1 aliphatic rings. The molecule has 21 heavy (non-hydrogen) atoms. The Morgan fingerprint density at radius 3 is 2.52 bits per heavy atom. The maximum Gasteiger partial charge on any atom is 0.509 e. The van der Waals surface area contributed by atoms with Gasteiger partial charge in [0.25, 0.3) is 0 Å². The Kier molecular flexibility index (Phi) is 3.95. The third-order valence-electron chi connectivity index (χ3n) is 3.21. The van der Waals surface area contributed by atoms with Crippen LogP contribution in [0.4, 0.5) is 23.4 Å². The van der Waals surface area contributed by atoms with Crippen LogP contribution in [0.3, 0.4) is 0 Å². The number of aryl methyl sites for hydroxylation is 1. The van der Waals surface area contributed by atoms with Gasteiger partial charge in [-0.3, -0.25) is 4.90 Å². The lowest BCUT2D eigenvalue weighted by Crippen LogP contribution is -2.41. The van der Waals surface area contributed by atoms with E-state index < -0.39 is 24.1 Å². The molecule has 0 bridgehead atoms. The van der Waals surface area contributed by atoms with Crippen LogP contribution in [0.5, 0.6) is 0 Å². The number of halogens is 3. The molecule has 1 aromatic rings. The molecule has 7 heteroatoms. The van der Waals surface area contributed by atoms with Gasteiger partial charge in [0.1, 0.15) is 5.60 Å². The molecule has 0 saturated heterocycles. The maximum absolute atomic E-state index is 12.8. The molecule has 116 valence electrons. The van der Waals surface area contributed by atoms with Gasteiger partial charge in [0.05, 0.1) is 0 Å². The van der Waals surface area contributed by atoms with E-state index >= 15 is 0 Å². The molecule has 0 radical (unpaired) electrons. The van der Waals surface area contributed by atoms with Gasteiger partial charge in [-0.25, -0.2) is 4.79 Å². The predicted octanol–water partition coefficient (Wildman–Crippen LogP) is 3.43. The highest BCUT2D eigenvalue weighted by Gasteiger charge is 2.30. The molecule has 1 aliphatic heterocycles. The Morgan fingerprint density at radius 2 is 1.95 bits per heavy atom. The van der Waals surface area contributed by atoms with Gasteiger partial charge in [-0.2, -0.15) is 0 Å². The summed E-state index contributed by atoms with van der Waals surface area (Å²) < 4.78 is 43.7. The highest BCUT2D eigenvalue weighted by atomic mass is 19.4. The van der Waals surface area contributed by atoms with Crippen LogP contribution < -0.4 is 10.4 Å². The number of nitrogens with zero attached hydrogens (tertiary/aromatic N) is 1. The minimum absolute atomic E-state index is 0.457. The topological polar surface area (TPSA) is 29.5 Å². The van der Waals surface area contributed by atoms with Crippen LogP contribution in [0, 0.1) is 0 Å². The molecule has 0 fully saturated rings. The zero-order valence-corrected chi connectivity index (χ0v) is 12.3. The van der Waals surface area contributed by atoms with E-state index in [9.17, 15) is 17.7 Å². The van der Waals surface area contributed by atoms with E-state index in [1.165, 1.54) is 11.0 Å². The number of carbonyl (C=O) groups excluding carboxylic acids is 1. The largest absolute Gasteiger partial charge is 0.509 e. The average molecular weight is 300 g/mol. The van der Waals surface area contributed by atoms with Gasteiger partial charge in [-0.1, -0.05) is 12.1 Å². The second-order valence-electron chi connectivity index (χ2n) is 6.20. The number of amides is 1. The van der Waals surface area contributed by atoms with Crippen molar-refractivity contribution in [3.05, 3.63) is 23.8 Å². The lowest BCUT2D eigenvalue weighted by atomic mass is 9.78. The molecule has 3 nitrogen and oxygen atoms in total. The zero-order valence-electron chi connectivity index (χ0n) is 12.3. The summed E-state index contributed by atoms with van der Waals surface area (Å²) in [6.07, 6.45) is 0.642. The Labute approximate surface area is 122 Å². The van der Waals surface area contributed by atoms with Gasteiger partial charge in [-0.15, -0.1) is 5.46 Å². The van der Waals surface area contributed by atoms with E-state index in [4.69, 9.17) is 4.74 Å². The summed E-state index contributed by atoms with van der Waals surface area (Å²) in [5.74, 6) is 0. The number of benzene rings is 1. The van der Waals surface area contributed by atoms with Crippen LogP contribution in [0.2, 0.25) is 0 Å². The summed E-state index contributed by atoms with van der Waals surface area (Å²) in [6.45, 7) is 0.701. The molecule has 0 N–H and O–H groups in total. The number of carbonyl (C=O) groups is 1. The van der Waals surface area contributed by atoms with Crippen LogP contribution in [-0.2, 0) is 11.2 Å². The van der Waals surface area contributed by atoms with Crippen LogP contribution in [0.15, 0.2) is 18.2 Å². The first kappa shape index (κ1) is 15.7. The minimum atomic E-state index is -5.02. The first-order valence-electron chi connectivity index (χ1n) is 6.91. The molecule has 0 aromatic heterocycles. The SMILES string of the molecule is CC(C)(C)OC(=O)N1CCCc2cc([B-](F)(F)F)ccc21. The quantitative estimate of drug-likeness (QED) is 0.744. The van der Waals surface area contributed by atoms with E-state index in [-0.39, 0.29) is 0 Å². The number of anilines is 1. The van der Waals surface area contributed by atoms with Crippen molar-refractivity contribution in [3.8, 4) is 0 Å². The van der Waals surface area contributed by atoms with Crippen LogP contribution in [0.25, 0.3) is 0 Å². The minimum Gasteiger partial charge on any atom is -0.445 e. The summed E-state index contributed by atoms with van der Waals surface area (Å²) in [6, 6.07) is 3.54. The highest BCUT2D eigenvalue weighted by molar-refractivity contribution is 6.73. The number of hydrogen-bond donors (Lipinski definition) is 0. The van der Waals surface area contributed by atoms with E-state index in [2.05, 4.69) is 0 Å². The van der Waals surface area contributed by atoms with Crippen LogP contribution >= 0.6 is 0 Å². The zero-order chi connectivity index (χ0) is 15.8. The van der Waals surface area contributed by atoms with Crippen molar-refractivity contribution in [2.75, 3.05) is 11.4 Å². The summed E-state index contributed by atoms with van der Waals surface area (Å²) in [7, 11) is 0. The maximum atomic E-state index is 12.8. The van der Waals surface area contributed by atoms with Gasteiger partial charge in [0.2, 0.25) is 0 Å². The van der Waals surface area contributed by atoms with Crippen molar-refractivity contribution in [2.45, 2.75) is 39.2 Å². The van der Waals surface area contributed by atoms with Crippen LogP contribution in [-0.4, -0.2) is 25.2 Å². The third-order valence-corrected chi connectivity index (χ3v) is 3.21. The molecule has 0 unspecified atom stereocenters. The van der Waals surface area contributed by atoms with Gasteiger partial charge in [-0.05, 0) is 45.2 Å². The molecule has 0 spiro atoms. The Morgan fingerprint density at radius 1 is 1.29 bits per heavy atom. The molecule has 0 atom stereocenters. The summed E-state index contributed by atoms with van der Waals surface area (Å²) >= 11 is 0. The van der Waals surface area contributed by atoms with E-state index in [1.54, 1.807) is 20.8 Å². The van der Waals surface area contributed by atoms with Crippen molar-refractivity contribution < 1.29 is 22.5 Å². The van der Waals surface area contributed by atoms with Crippen molar-refractivity contribution in [1.82, 2.24) is 0 Å².